The molecule has 84 valence electrons. The Kier molecular flexibility index (Phi) is 4.75. The SMILES string of the molecule is CO[Si](OC)(OC(C)Cl)c1ccccc1. The zero-order chi connectivity index (χ0) is 11.3. The highest BCUT2D eigenvalue weighted by Crippen LogP contribution is 2.12. The molecule has 0 aliphatic rings. The highest BCUT2D eigenvalue weighted by molar-refractivity contribution is 6.75. The van der Waals surface area contributed by atoms with E-state index < -0.39 is 14.4 Å². The van der Waals surface area contributed by atoms with Crippen LogP contribution in [0.25, 0.3) is 0 Å². The van der Waals surface area contributed by atoms with Gasteiger partial charge in [0, 0.05) is 19.4 Å². The average molecular weight is 247 g/mol. The fourth-order valence-corrected chi connectivity index (χ4v) is 3.69. The molecule has 0 bridgehead atoms. The van der Waals surface area contributed by atoms with Crippen molar-refractivity contribution in [3.05, 3.63) is 30.3 Å². The van der Waals surface area contributed by atoms with Crippen molar-refractivity contribution in [3.63, 3.8) is 0 Å². The van der Waals surface area contributed by atoms with E-state index in [1.54, 1.807) is 21.1 Å². The number of rotatable bonds is 5. The third-order valence-corrected chi connectivity index (χ3v) is 5.00. The molecule has 0 radical (unpaired) electrons. The number of hydrogen-bond acceptors (Lipinski definition) is 3. The molecule has 1 rings (SSSR count). The second-order valence-electron chi connectivity index (χ2n) is 2.99. The van der Waals surface area contributed by atoms with E-state index >= 15 is 0 Å². The summed E-state index contributed by atoms with van der Waals surface area (Å²) in [5, 5.41) is 0.905. The Morgan fingerprint density at radius 1 is 1.13 bits per heavy atom. The molecular weight excluding hydrogens is 232 g/mol. The van der Waals surface area contributed by atoms with Gasteiger partial charge in [0.1, 0.15) is 5.56 Å². The molecule has 0 aliphatic carbocycles. The van der Waals surface area contributed by atoms with Crippen LogP contribution < -0.4 is 5.19 Å². The Balaban J connectivity index is 3.00. The van der Waals surface area contributed by atoms with Crippen LogP contribution in [0.5, 0.6) is 0 Å². The lowest BCUT2D eigenvalue weighted by Gasteiger charge is -2.27. The minimum absolute atomic E-state index is 0.447. The van der Waals surface area contributed by atoms with E-state index in [1.807, 2.05) is 30.3 Å². The molecule has 0 fully saturated rings. The fraction of sp³-hybridized carbons (Fsp3) is 0.400. The van der Waals surface area contributed by atoms with Gasteiger partial charge in [-0.05, 0) is 6.92 Å². The minimum atomic E-state index is -2.81. The van der Waals surface area contributed by atoms with E-state index in [4.69, 9.17) is 24.9 Å². The van der Waals surface area contributed by atoms with Crippen LogP contribution >= 0.6 is 11.6 Å². The molecule has 0 saturated carbocycles. The summed E-state index contributed by atoms with van der Waals surface area (Å²) in [6.45, 7) is 1.74. The molecule has 3 nitrogen and oxygen atoms in total. The lowest BCUT2D eigenvalue weighted by molar-refractivity contribution is 0.106. The summed E-state index contributed by atoms with van der Waals surface area (Å²) in [4.78, 5) is 0. The van der Waals surface area contributed by atoms with Crippen LogP contribution in [0.4, 0.5) is 0 Å². The summed E-state index contributed by atoms with van der Waals surface area (Å²) in [5.74, 6) is 0. The normalized spacial score (nSPS) is 13.9. The molecule has 15 heavy (non-hydrogen) atoms. The largest absolute Gasteiger partial charge is 0.537 e. The predicted molar refractivity (Wildman–Crippen MR) is 62.2 cm³/mol. The van der Waals surface area contributed by atoms with Gasteiger partial charge in [-0.3, -0.25) is 0 Å². The first-order valence-electron chi connectivity index (χ1n) is 4.62. The molecule has 1 aromatic rings. The maximum Gasteiger partial charge on any atom is 0.537 e. The molecule has 0 aliphatic heterocycles. The smallest absolute Gasteiger partial charge is 0.373 e. The Morgan fingerprint density at radius 2 is 1.67 bits per heavy atom. The number of hydrogen-bond donors (Lipinski definition) is 0. The maximum atomic E-state index is 5.82. The highest BCUT2D eigenvalue weighted by atomic mass is 35.5. The molecular formula is C10H15ClO3Si. The summed E-state index contributed by atoms with van der Waals surface area (Å²) in [6, 6.07) is 9.59. The molecule has 1 atom stereocenters. The van der Waals surface area contributed by atoms with E-state index in [0.717, 1.165) is 5.19 Å². The molecule has 0 aromatic heterocycles. The summed E-state index contributed by atoms with van der Waals surface area (Å²) in [7, 11) is 0.328. The van der Waals surface area contributed by atoms with Gasteiger partial charge in [-0.15, -0.1) is 0 Å². The average Bonchev–Trinajstić information content (AvgIpc) is 2.27. The summed E-state index contributed by atoms with van der Waals surface area (Å²) >= 11 is 5.82. The van der Waals surface area contributed by atoms with Crippen molar-refractivity contribution in [2.24, 2.45) is 0 Å². The first kappa shape index (κ1) is 12.7. The molecule has 0 N–H and O–H groups in total. The van der Waals surface area contributed by atoms with Gasteiger partial charge in [0.2, 0.25) is 0 Å². The lowest BCUT2D eigenvalue weighted by atomic mass is 10.4. The standard InChI is InChI=1S/C10H15ClO3Si/c1-9(11)14-15(12-2,13-3)10-7-5-4-6-8-10/h4-9H,1-3H3. The first-order chi connectivity index (χ1) is 7.14. The number of halogens is 1. The fourth-order valence-electron chi connectivity index (χ4n) is 1.34. The molecule has 0 heterocycles. The van der Waals surface area contributed by atoms with Gasteiger partial charge >= 0.3 is 8.80 Å². The van der Waals surface area contributed by atoms with Crippen molar-refractivity contribution >= 4 is 25.6 Å². The van der Waals surface area contributed by atoms with Crippen LogP contribution in [-0.2, 0) is 13.3 Å². The molecule has 5 heteroatoms. The van der Waals surface area contributed by atoms with E-state index in [0.29, 0.717) is 0 Å². The summed E-state index contributed by atoms with van der Waals surface area (Å²) in [5.41, 5.74) is -0.447. The monoisotopic (exact) mass is 246 g/mol. The van der Waals surface area contributed by atoms with E-state index in [9.17, 15) is 0 Å². The van der Waals surface area contributed by atoms with Crippen LogP contribution in [0.1, 0.15) is 6.92 Å². The zero-order valence-electron chi connectivity index (χ0n) is 9.07. The second kappa shape index (κ2) is 5.63. The summed E-state index contributed by atoms with van der Waals surface area (Å²) < 4.78 is 16.4. The third-order valence-electron chi connectivity index (χ3n) is 1.98. The zero-order valence-corrected chi connectivity index (χ0v) is 10.8. The minimum Gasteiger partial charge on any atom is -0.373 e. The third kappa shape index (κ3) is 3.03. The topological polar surface area (TPSA) is 27.7 Å². The predicted octanol–water partition coefficient (Wildman–Crippen LogP) is 1.73. The van der Waals surface area contributed by atoms with Crippen LogP contribution in [0.2, 0.25) is 0 Å². The maximum absolute atomic E-state index is 5.82. The second-order valence-corrected chi connectivity index (χ2v) is 6.35. The number of alkyl halides is 1. The van der Waals surface area contributed by atoms with Crippen LogP contribution in [0.15, 0.2) is 30.3 Å². The highest BCUT2D eigenvalue weighted by Gasteiger charge is 2.43. The molecule has 0 saturated heterocycles. The van der Waals surface area contributed by atoms with Crippen molar-refractivity contribution < 1.29 is 13.3 Å². The van der Waals surface area contributed by atoms with Crippen molar-refractivity contribution in [1.29, 1.82) is 0 Å². The summed E-state index contributed by atoms with van der Waals surface area (Å²) in [6.07, 6.45) is 0. The van der Waals surface area contributed by atoms with Crippen LogP contribution in [-0.4, -0.2) is 28.6 Å². The van der Waals surface area contributed by atoms with Crippen molar-refractivity contribution in [1.82, 2.24) is 0 Å². The Labute approximate surface area is 96.3 Å². The van der Waals surface area contributed by atoms with Gasteiger partial charge in [-0.25, -0.2) is 0 Å². The van der Waals surface area contributed by atoms with Crippen LogP contribution in [0.3, 0.4) is 0 Å². The molecule has 0 spiro atoms. The van der Waals surface area contributed by atoms with Crippen molar-refractivity contribution in [2.45, 2.75) is 12.5 Å². The molecule has 1 aromatic carbocycles. The van der Waals surface area contributed by atoms with Crippen molar-refractivity contribution in [3.8, 4) is 0 Å². The molecule has 0 amide bonds. The van der Waals surface area contributed by atoms with E-state index in [-0.39, 0.29) is 0 Å². The van der Waals surface area contributed by atoms with Gasteiger partial charge in [-0.1, -0.05) is 41.9 Å². The van der Waals surface area contributed by atoms with Gasteiger partial charge in [0.25, 0.3) is 0 Å². The van der Waals surface area contributed by atoms with Gasteiger partial charge in [-0.2, -0.15) is 0 Å². The Bertz CT molecular complexity index is 288. The Morgan fingerprint density at radius 3 is 2.07 bits per heavy atom. The van der Waals surface area contributed by atoms with E-state index in [1.165, 1.54) is 0 Å². The van der Waals surface area contributed by atoms with Crippen molar-refractivity contribution in [2.75, 3.05) is 14.2 Å². The van der Waals surface area contributed by atoms with Crippen LogP contribution in [0, 0.1) is 0 Å². The number of benzene rings is 1. The first-order valence-corrected chi connectivity index (χ1v) is 6.78. The van der Waals surface area contributed by atoms with Gasteiger partial charge in [0.05, 0.1) is 0 Å². The van der Waals surface area contributed by atoms with Gasteiger partial charge in [0.15, 0.2) is 0 Å². The molecule has 1 unspecified atom stereocenters. The Hall–Kier alpha value is -0.393. The lowest BCUT2D eigenvalue weighted by Crippen LogP contribution is -2.56. The van der Waals surface area contributed by atoms with E-state index in [2.05, 4.69) is 0 Å². The quantitative estimate of drug-likeness (QED) is 0.585. The van der Waals surface area contributed by atoms with Gasteiger partial charge < -0.3 is 13.3 Å².